The zero-order valence-electron chi connectivity index (χ0n) is 4.00. The van der Waals surface area contributed by atoms with Crippen molar-refractivity contribution in [3.8, 4) is 0 Å². The van der Waals surface area contributed by atoms with E-state index < -0.39 is 0 Å². The number of rotatable bonds is 0. The Morgan fingerprint density at radius 1 is 0.286 bits per heavy atom. The van der Waals surface area contributed by atoms with Crippen molar-refractivity contribution in [3.63, 3.8) is 0 Å². The molecule has 0 atom stereocenters. The molecule has 0 aliphatic carbocycles. The van der Waals surface area contributed by atoms with Crippen molar-refractivity contribution in [1.82, 2.24) is 0 Å². The van der Waals surface area contributed by atoms with Gasteiger partial charge >= 0.3 is 52.8 Å². The summed E-state index contributed by atoms with van der Waals surface area (Å²) in [6.07, 6.45) is 0. The summed E-state index contributed by atoms with van der Waals surface area (Å²) in [5.41, 5.74) is 0. The van der Waals surface area contributed by atoms with Crippen molar-refractivity contribution in [1.29, 1.82) is 0 Å². The molecule has 7 heteroatoms. The molecular formula is H12Ge3Li4. The van der Waals surface area contributed by atoms with Crippen LogP contribution in [0.5, 0.6) is 0 Å². The van der Waals surface area contributed by atoms with E-state index in [1.54, 1.807) is 0 Å². The molecule has 0 saturated heterocycles. The fourth-order valence-corrected chi connectivity index (χ4v) is 0. The third-order valence-electron chi connectivity index (χ3n) is 0. The summed E-state index contributed by atoms with van der Waals surface area (Å²) in [6, 6.07) is 0. The first-order valence-corrected chi connectivity index (χ1v) is 0. The summed E-state index contributed by atoms with van der Waals surface area (Å²) >= 11 is 0. The smallest absolute Gasteiger partial charge is 0 e. The number of hydrogen-bond donors (Lipinski definition) is 0. The summed E-state index contributed by atoms with van der Waals surface area (Å²) in [6.45, 7) is 0. The molecule has 4 radical (unpaired) electrons. The van der Waals surface area contributed by atoms with E-state index in [1.807, 2.05) is 0 Å². The second kappa shape index (κ2) is 50.5. The summed E-state index contributed by atoms with van der Waals surface area (Å²) in [7, 11) is 0. The van der Waals surface area contributed by atoms with Crippen LogP contribution in [-0.2, 0) is 0 Å². The van der Waals surface area contributed by atoms with E-state index in [4.69, 9.17) is 0 Å². The van der Waals surface area contributed by atoms with Crippen LogP contribution in [0.4, 0.5) is 0 Å². The molecular weight excluding hydrogens is 246 g/mol. The predicted octanol–water partition coefficient (Wildman–Crippen LogP) is -5.88. The SMILES string of the molecule is [GeH4].[GeH4].[GeH4].[Li].[Li].[Li].[Li]. The van der Waals surface area contributed by atoms with Crippen LogP contribution >= 0.6 is 0 Å². The molecule has 0 fully saturated rings. The van der Waals surface area contributed by atoms with Crippen LogP contribution in [0, 0.1) is 0 Å². The Morgan fingerprint density at radius 2 is 0.286 bits per heavy atom. The van der Waals surface area contributed by atoms with E-state index in [2.05, 4.69) is 0 Å². The van der Waals surface area contributed by atoms with Crippen LogP contribution in [-0.4, -0.2) is 128 Å². The molecule has 0 amide bonds. The largest absolute Gasteiger partial charge is 0 e. The van der Waals surface area contributed by atoms with E-state index in [0.29, 0.717) is 0 Å². The maximum absolute atomic E-state index is 0. The van der Waals surface area contributed by atoms with Crippen molar-refractivity contribution in [2.24, 2.45) is 0 Å². The second-order valence-corrected chi connectivity index (χ2v) is 0. The van der Waals surface area contributed by atoms with Gasteiger partial charge in [0.15, 0.2) is 0 Å². The van der Waals surface area contributed by atoms with Gasteiger partial charge in [-0.25, -0.2) is 0 Å². The molecule has 0 saturated carbocycles. The molecule has 7 heavy (non-hydrogen) atoms. The van der Waals surface area contributed by atoms with Gasteiger partial charge in [-0.05, 0) is 0 Å². The molecule has 0 rings (SSSR count). The van der Waals surface area contributed by atoms with E-state index in [0.717, 1.165) is 0 Å². The Morgan fingerprint density at radius 3 is 0.286 bits per heavy atom. The molecule has 0 nitrogen and oxygen atoms in total. The normalized spacial score (nSPS) is 0. The maximum Gasteiger partial charge on any atom is 0 e. The van der Waals surface area contributed by atoms with Crippen molar-refractivity contribution >= 4 is 128 Å². The van der Waals surface area contributed by atoms with Gasteiger partial charge in [0.05, 0.1) is 0 Å². The topological polar surface area (TPSA) is 0 Å². The summed E-state index contributed by atoms with van der Waals surface area (Å²) in [4.78, 5) is 0. The van der Waals surface area contributed by atoms with Gasteiger partial charge < -0.3 is 0 Å². The van der Waals surface area contributed by atoms with E-state index in [-0.39, 0.29) is 128 Å². The maximum atomic E-state index is 0. The minimum Gasteiger partial charge on any atom is 0 e. The van der Waals surface area contributed by atoms with Gasteiger partial charge in [0.25, 0.3) is 0 Å². The van der Waals surface area contributed by atoms with Gasteiger partial charge in [-0.2, -0.15) is 0 Å². The Kier molecular flexibility index (Phi) is 494. The molecule has 0 aromatic heterocycles. The average molecular weight is 258 g/mol. The van der Waals surface area contributed by atoms with Crippen molar-refractivity contribution in [3.05, 3.63) is 0 Å². The van der Waals surface area contributed by atoms with E-state index in [1.165, 1.54) is 0 Å². The van der Waals surface area contributed by atoms with Crippen LogP contribution in [0.1, 0.15) is 0 Å². The monoisotopic (exact) mass is 262 g/mol. The minimum absolute atomic E-state index is 0. The second-order valence-electron chi connectivity index (χ2n) is 0. The summed E-state index contributed by atoms with van der Waals surface area (Å²) in [5, 5.41) is 0. The van der Waals surface area contributed by atoms with Crippen molar-refractivity contribution in [2.75, 3.05) is 0 Å². The van der Waals surface area contributed by atoms with Gasteiger partial charge in [-0.1, -0.05) is 0 Å². The Labute approximate surface area is 126 Å². The molecule has 0 aromatic rings. The third kappa shape index (κ3) is 39.9. The first kappa shape index (κ1) is 68.5. The van der Waals surface area contributed by atoms with Crippen LogP contribution in [0.3, 0.4) is 0 Å². The molecule has 0 aromatic carbocycles. The average Bonchev–Trinajstić information content (AvgIpc) is 0. The van der Waals surface area contributed by atoms with E-state index in [9.17, 15) is 0 Å². The van der Waals surface area contributed by atoms with Gasteiger partial charge in [0.2, 0.25) is 0 Å². The molecule has 0 heterocycles. The summed E-state index contributed by atoms with van der Waals surface area (Å²) in [5.74, 6) is 0. The van der Waals surface area contributed by atoms with Gasteiger partial charge in [0.1, 0.15) is 0 Å². The van der Waals surface area contributed by atoms with Crippen LogP contribution in [0.25, 0.3) is 0 Å². The van der Waals surface area contributed by atoms with Gasteiger partial charge in [-0.15, -0.1) is 0 Å². The Hall–Kier alpha value is 4.02. The van der Waals surface area contributed by atoms with E-state index >= 15 is 0 Å². The first-order valence-electron chi connectivity index (χ1n) is 0. The first-order chi connectivity index (χ1) is 0. The van der Waals surface area contributed by atoms with Crippen molar-refractivity contribution in [2.45, 2.75) is 0 Å². The Bertz CT molecular complexity index is 6.90. The molecule has 0 N–H and O–H groups in total. The Balaban J connectivity index is 0. The molecule has 0 aliphatic rings. The zero-order chi connectivity index (χ0) is 0. The summed E-state index contributed by atoms with van der Waals surface area (Å²) < 4.78 is 0. The van der Waals surface area contributed by atoms with Gasteiger partial charge in [0, 0.05) is 75.4 Å². The molecule has 0 unspecified atom stereocenters. The fourth-order valence-electron chi connectivity index (χ4n) is 0. The zero-order valence-corrected chi connectivity index (χ0v) is 4.00. The quantitative estimate of drug-likeness (QED) is 0.379. The van der Waals surface area contributed by atoms with Gasteiger partial charge in [-0.3, -0.25) is 0 Å². The molecule has 0 bridgehead atoms. The standard InChI is InChI=1S/3GeH4.4Li/h3*1H4;;;;. The fraction of sp³-hybridized carbons (Fsp3) is 0. The molecule has 0 aliphatic heterocycles. The molecule has 28 valence electrons. The minimum atomic E-state index is 0. The molecule has 0 spiro atoms. The predicted molar refractivity (Wildman–Crippen MR) is 57.0 cm³/mol. The van der Waals surface area contributed by atoms with Crippen LogP contribution in [0.15, 0.2) is 0 Å². The van der Waals surface area contributed by atoms with Crippen LogP contribution < -0.4 is 0 Å². The third-order valence-corrected chi connectivity index (χ3v) is 0. The number of hydrogen-bond acceptors (Lipinski definition) is 0. The van der Waals surface area contributed by atoms with Crippen LogP contribution in [0.2, 0.25) is 0 Å². The van der Waals surface area contributed by atoms with Crippen molar-refractivity contribution < 1.29 is 0 Å².